The van der Waals surface area contributed by atoms with Gasteiger partial charge < -0.3 is 14.2 Å². The monoisotopic (exact) mass is 1090 g/mol. The van der Waals surface area contributed by atoms with Crippen molar-refractivity contribution in [2.24, 2.45) is 0 Å². The summed E-state index contributed by atoms with van der Waals surface area (Å²) in [4.78, 5) is 38.3. The van der Waals surface area contributed by atoms with Gasteiger partial charge in [-0.1, -0.05) is 299 Å². The molecular weight excluding hydrogens is 961 g/mol. The Kier molecular flexibility index (Phi) is 63.7. The maximum absolute atomic E-state index is 12.9. The average molecular weight is 1090 g/mol. The molecule has 0 saturated carbocycles. The Morgan fingerprint density at radius 1 is 0.269 bits per heavy atom. The molecule has 0 aromatic heterocycles. The number of allylic oxidation sites excluding steroid dienone is 12. The van der Waals surface area contributed by atoms with E-state index in [9.17, 15) is 14.4 Å². The normalized spacial score (nSPS) is 12.5. The Morgan fingerprint density at radius 3 is 0.846 bits per heavy atom. The molecule has 6 nitrogen and oxygen atoms in total. The van der Waals surface area contributed by atoms with Gasteiger partial charge in [0.2, 0.25) is 0 Å². The van der Waals surface area contributed by atoms with Crippen molar-refractivity contribution in [2.75, 3.05) is 13.2 Å². The Balaban J connectivity index is 4.16. The number of carbonyl (C=O) groups is 3. The largest absolute Gasteiger partial charge is 0.462 e. The summed E-state index contributed by atoms with van der Waals surface area (Å²) in [5, 5.41) is 0. The second-order valence-corrected chi connectivity index (χ2v) is 22.7. The van der Waals surface area contributed by atoms with Crippen LogP contribution in [0.3, 0.4) is 0 Å². The summed E-state index contributed by atoms with van der Waals surface area (Å²) in [6.45, 7) is 6.50. The van der Waals surface area contributed by atoms with E-state index in [-0.39, 0.29) is 31.1 Å². The van der Waals surface area contributed by atoms with E-state index in [1.165, 1.54) is 212 Å². The minimum Gasteiger partial charge on any atom is -0.462 e. The lowest BCUT2D eigenvalue weighted by molar-refractivity contribution is -0.167. The molecule has 78 heavy (non-hydrogen) atoms. The van der Waals surface area contributed by atoms with Crippen LogP contribution in [0.1, 0.15) is 348 Å². The summed E-state index contributed by atoms with van der Waals surface area (Å²) in [5.41, 5.74) is 0. The van der Waals surface area contributed by atoms with Gasteiger partial charge in [-0.3, -0.25) is 14.4 Å². The molecule has 1 atom stereocenters. The molecule has 0 aliphatic heterocycles. The van der Waals surface area contributed by atoms with Gasteiger partial charge >= 0.3 is 17.9 Å². The third-order valence-electron chi connectivity index (χ3n) is 14.9. The highest BCUT2D eigenvalue weighted by Crippen LogP contribution is 2.17. The van der Waals surface area contributed by atoms with Crippen LogP contribution in [0.4, 0.5) is 0 Å². The predicted molar refractivity (Wildman–Crippen MR) is 339 cm³/mol. The number of unbranched alkanes of at least 4 members (excludes halogenated alkanes) is 39. The van der Waals surface area contributed by atoms with Crippen LogP contribution >= 0.6 is 0 Å². The zero-order chi connectivity index (χ0) is 56.4. The zero-order valence-corrected chi connectivity index (χ0v) is 51.9. The van der Waals surface area contributed by atoms with E-state index in [2.05, 4.69) is 93.7 Å². The first kappa shape index (κ1) is 74.8. The third kappa shape index (κ3) is 63.7. The first-order valence-electron chi connectivity index (χ1n) is 33.9. The predicted octanol–water partition coefficient (Wildman–Crippen LogP) is 23.3. The van der Waals surface area contributed by atoms with E-state index in [4.69, 9.17) is 14.2 Å². The van der Waals surface area contributed by atoms with Crippen molar-refractivity contribution < 1.29 is 28.6 Å². The van der Waals surface area contributed by atoms with E-state index in [0.717, 1.165) is 96.3 Å². The molecule has 0 aliphatic carbocycles. The van der Waals surface area contributed by atoms with Crippen molar-refractivity contribution in [3.8, 4) is 0 Å². The highest BCUT2D eigenvalue weighted by atomic mass is 16.6. The molecule has 0 rings (SSSR count). The van der Waals surface area contributed by atoms with Crippen molar-refractivity contribution in [1.82, 2.24) is 0 Å². The van der Waals surface area contributed by atoms with Gasteiger partial charge in [-0.25, -0.2) is 0 Å². The maximum Gasteiger partial charge on any atom is 0.306 e. The molecule has 0 aromatic carbocycles. The Morgan fingerprint density at radius 2 is 0.526 bits per heavy atom. The van der Waals surface area contributed by atoms with E-state index in [1.807, 2.05) is 0 Å². The van der Waals surface area contributed by atoms with Crippen molar-refractivity contribution >= 4 is 17.9 Å². The second-order valence-electron chi connectivity index (χ2n) is 22.7. The third-order valence-corrected chi connectivity index (χ3v) is 14.9. The van der Waals surface area contributed by atoms with Gasteiger partial charge in [-0.05, 0) is 103 Å². The number of carbonyl (C=O) groups excluding carboxylic acids is 3. The van der Waals surface area contributed by atoms with Crippen molar-refractivity contribution in [1.29, 1.82) is 0 Å². The Bertz CT molecular complexity index is 1440. The van der Waals surface area contributed by atoms with Gasteiger partial charge in [-0.2, -0.15) is 0 Å². The average Bonchev–Trinajstić information content (AvgIpc) is 3.44. The fraction of sp³-hybridized carbons (Fsp3) is 0.792. The molecule has 0 radical (unpaired) electrons. The molecule has 0 heterocycles. The van der Waals surface area contributed by atoms with Gasteiger partial charge in [0.15, 0.2) is 6.10 Å². The molecule has 0 aliphatic rings. The van der Waals surface area contributed by atoms with Crippen LogP contribution in [-0.2, 0) is 28.6 Å². The first-order chi connectivity index (χ1) is 38.5. The van der Waals surface area contributed by atoms with E-state index >= 15 is 0 Å². The Hall–Kier alpha value is -3.15. The van der Waals surface area contributed by atoms with Crippen LogP contribution in [0, 0.1) is 0 Å². The van der Waals surface area contributed by atoms with Crippen LogP contribution in [0.15, 0.2) is 72.9 Å². The van der Waals surface area contributed by atoms with E-state index < -0.39 is 6.10 Å². The van der Waals surface area contributed by atoms with Gasteiger partial charge in [-0.15, -0.1) is 0 Å². The standard InChI is InChI=1S/C72H128O6/c1-4-7-10-13-16-19-22-24-26-28-30-32-33-34-35-36-37-38-39-41-42-44-46-48-50-53-56-59-62-65-71(74)77-68-69(67-76-70(73)64-61-58-55-52-21-18-15-12-9-6-3)78-72(75)66-63-60-57-54-51-49-47-45-43-40-31-29-27-25-23-20-17-14-11-8-5-2/h7,10,12,15-16,19,24,26,29-32,69H,4-6,8-9,11,13-14,17-18,20-23,25,27-28,33-68H2,1-3H3/b10-7-,15-12-,19-16-,26-24-,31-29-,32-30-. The molecular formula is C72H128O6. The lowest BCUT2D eigenvalue weighted by Crippen LogP contribution is -2.30. The summed E-state index contributed by atoms with van der Waals surface area (Å²) in [6.07, 6.45) is 86.5. The topological polar surface area (TPSA) is 78.9 Å². The summed E-state index contributed by atoms with van der Waals surface area (Å²) in [7, 11) is 0. The molecule has 0 spiro atoms. The first-order valence-corrected chi connectivity index (χ1v) is 33.9. The summed E-state index contributed by atoms with van der Waals surface area (Å²) >= 11 is 0. The quantitative estimate of drug-likeness (QED) is 0.0261. The summed E-state index contributed by atoms with van der Waals surface area (Å²) < 4.78 is 16.9. The molecule has 0 fully saturated rings. The van der Waals surface area contributed by atoms with Crippen LogP contribution in [0.25, 0.3) is 0 Å². The fourth-order valence-electron chi connectivity index (χ4n) is 9.85. The van der Waals surface area contributed by atoms with E-state index in [1.54, 1.807) is 0 Å². The van der Waals surface area contributed by atoms with Crippen LogP contribution < -0.4 is 0 Å². The highest BCUT2D eigenvalue weighted by molar-refractivity contribution is 5.71. The Labute approximate surface area is 484 Å². The number of rotatable bonds is 62. The lowest BCUT2D eigenvalue weighted by Gasteiger charge is -2.18. The van der Waals surface area contributed by atoms with Gasteiger partial charge in [0.05, 0.1) is 0 Å². The maximum atomic E-state index is 12.9. The molecule has 452 valence electrons. The molecule has 1 unspecified atom stereocenters. The SMILES string of the molecule is CC/C=C\C/C=C\C/C=C\C/C=C\CCCCCCCCCCCCCCCCCCC(=O)OCC(COC(=O)CCCCCCC/C=C\CCC)OC(=O)CCCCCCCCCCC/C=C\CCCCCCCCCC. The van der Waals surface area contributed by atoms with Crippen molar-refractivity contribution in [3.05, 3.63) is 72.9 Å². The number of hydrogen-bond acceptors (Lipinski definition) is 6. The highest BCUT2D eigenvalue weighted by Gasteiger charge is 2.19. The fourth-order valence-corrected chi connectivity index (χ4v) is 9.85. The van der Waals surface area contributed by atoms with Gasteiger partial charge in [0, 0.05) is 19.3 Å². The minimum absolute atomic E-state index is 0.0755. The number of ether oxygens (including phenoxy) is 3. The van der Waals surface area contributed by atoms with Gasteiger partial charge in [0.1, 0.15) is 13.2 Å². The second kappa shape index (κ2) is 66.4. The molecule has 0 saturated heterocycles. The van der Waals surface area contributed by atoms with Gasteiger partial charge in [0.25, 0.3) is 0 Å². The van der Waals surface area contributed by atoms with Crippen molar-refractivity contribution in [2.45, 2.75) is 354 Å². The number of esters is 3. The van der Waals surface area contributed by atoms with E-state index in [0.29, 0.717) is 19.3 Å². The van der Waals surface area contributed by atoms with Crippen LogP contribution in [0.2, 0.25) is 0 Å². The van der Waals surface area contributed by atoms with Crippen LogP contribution in [0.5, 0.6) is 0 Å². The molecule has 6 heteroatoms. The minimum atomic E-state index is -0.778. The lowest BCUT2D eigenvalue weighted by atomic mass is 10.0. The molecule has 0 aromatic rings. The van der Waals surface area contributed by atoms with Crippen LogP contribution in [-0.4, -0.2) is 37.2 Å². The van der Waals surface area contributed by atoms with Crippen molar-refractivity contribution in [3.63, 3.8) is 0 Å². The molecule has 0 bridgehead atoms. The molecule has 0 N–H and O–H groups in total. The molecule has 0 amide bonds. The zero-order valence-electron chi connectivity index (χ0n) is 51.9. The summed E-state index contributed by atoms with van der Waals surface area (Å²) in [6, 6.07) is 0. The number of hydrogen-bond donors (Lipinski definition) is 0. The summed E-state index contributed by atoms with van der Waals surface area (Å²) in [5.74, 6) is -0.871. The smallest absolute Gasteiger partial charge is 0.306 e.